The lowest BCUT2D eigenvalue weighted by atomic mass is 10.2. The molecule has 0 saturated carbocycles. The Morgan fingerprint density at radius 1 is 1.04 bits per heavy atom. The van der Waals surface area contributed by atoms with Crippen LogP contribution < -0.4 is 4.90 Å². The second-order valence-electron chi connectivity index (χ2n) is 4.64. The number of nitrogens with zero attached hydrogens (tertiary/aromatic N) is 1. The van der Waals surface area contributed by atoms with Gasteiger partial charge in [0.05, 0.1) is 20.6 Å². The van der Waals surface area contributed by atoms with E-state index in [0.29, 0.717) is 10.7 Å². The molecule has 1 fully saturated rings. The van der Waals surface area contributed by atoms with Gasteiger partial charge in [-0.3, -0.25) is 9.59 Å². The van der Waals surface area contributed by atoms with Crippen molar-refractivity contribution in [3.8, 4) is 0 Å². The minimum atomic E-state index is -0.526. The third-order valence-corrected chi connectivity index (χ3v) is 4.76. The third kappa shape index (κ3) is 3.13. The summed E-state index contributed by atoms with van der Waals surface area (Å²) in [6.45, 7) is 0. The van der Waals surface area contributed by atoms with E-state index in [1.807, 2.05) is 0 Å². The Hall–Kier alpha value is -1.82. The van der Waals surface area contributed by atoms with Gasteiger partial charge < -0.3 is 0 Å². The molecule has 0 aliphatic carbocycles. The van der Waals surface area contributed by atoms with E-state index < -0.39 is 17.0 Å². The molecule has 7 heteroatoms. The second-order valence-corrected chi connectivity index (χ2v) is 6.44. The zero-order chi connectivity index (χ0) is 16.6. The molecule has 2 aromatic rings. The van der Waals surface area contributed by atoms with Crippen molar-refractivity contribution in [1.82, 2.24) is 0 Å². The van der Waals surface area contributed by atoms with E-state index in [1.54, 1.807) is 12.1 Å². The maximum Gasteiger partial charge on any atom is 0.298 e. The quantitative estimate of drug-likeness (QED) is 0.669. The number of hydrogen-bond donors (Lipinski definition) is 0. The fourth-order valence-electron chi connectivity index (χ4n) is 2.05. The lowest BCUT2D eigenvalue weighted by molar-refractivity contribution is -0.113. The molecule has 23 heavy (non-hydrogen) atoms. The standard InChI is InChI=1S/C16H8Cl2FNO2S/c17-11-6-5-10(8-12(11)18)20-15(21)14(23-16(20)22)7-9-3-1-2-4-13(9)19/h1-8H/b14-7-. The minimum absolute atomic E-state index is 0.145. The SMILES string of the molecule is O=C1S/C(=C\c2ccccc2F)C(=O)N1c1ccc(Cl)c(Cl)c1. The predicted octanol–water partition coefficient (Wildman–Crippen LogP) is 5.37. The Kier molecular flexibility index (Phi) is 4.43. The average Bonchev–Trinajstić information content (AvgIpc) is 2.79. The molecule has 0 atom stereocenters. The van der Waals surface area contributed by atoms with E-state index >= 15 is 0 Å². The number of halogens is 3. The van der Waals surface area contributed by atoms with Crippen LogP contribution in [0.3, 0.4) is 0 Å². The van der Waals surface area contributed by atoms with Crippen LogP contribution in [0.1, 0.15) is 5.56 Å². The first-order valence-electron chi connectivity index (χ1n) is 6.45. The minimum Gasteiger partial charge on any atom is -0.268 e. The topological polar surface area (TPSA) is 37.4 Å². The normalized spacial score (nSPS) is 16.5. The smallest absolute Gasteiger partial charge is 0.268 e. The van der Waals surface area contributed by atoms with E-state index in [2.05, 4.69) is 0 Å². The lowest BCUT2D eigenvalue weighted by Crippen LogP contribution is -2.27. The van der Waals surface area contributed by atoms with Crippen LogP contribution >= 0.6 is 35.0 Å². The molecule has 0 N–H and O–H groups in total. The molecule has 1 saturated heterocycles. The highest BCUT2D eigenvalue weighted by molar-refractivity contribution is 8.19. The van der Waals surface area contributed by atoms with Crippen molar-refractivity contribution in [3.63, 3.8) is 0 Å². The van der Waals surface area contributed by atoms with Crippen molar-refractivity contribution < 1.29 is 14.0 Å². The van der Waals surface area contributed by atoms with E-state index in [9.17, 15) is 14.0 Å². The van der Waals surface area contributed by atoms with Gasteiger partial charge in [-0.15, -0.1) is 0 Å². The summed E-state index contributed by atoms with van der Waals surface area (Å²) in [5.41, 5.74) is 0.561. The van der Waals surface area contributed by atoms with Gasteiger partial charge in [-0.1, -0.05) is 41.4 Å². The predicted molar refractivity (Wildman–Crippen MR) is 91.3 cm³/mol. The molecule has 0 unspecified atom stereocenters. The van der Waals surface area contributed by atoms with E-state index in [4.69, 9.17) is 23.2 Å². The van der Waals surface area contributed by atoms with Crippen LogP contribution in [-0.4, -0.2) is 11.1 Å². The maximum atomic E-state index is 13.7. The number of anilines is 1. The molecule has 1 heterocycles. The fourth-order valence-corrected chi connectivity index (χ4v) is 3.17. The highest BCUT2D eigenvalue weighted by atomic mass is 35.5. The second kappa shape index (κ2) is 6.35. The van der Waals surface area contributed by atoms with Crippen molar-refractivity contribution in [2.75, 3.05) is 4.90 Å². The van der Waals surface area contributed by atoms with Crippen LogP contribution in [-0.2, 0) is 4.79 Å². The fraction of sp³-hybridized carbons (Fsp3) is 0. The molecule has 116 valence electrons. The molecule has 1 aliphatic heterocycles. The summed E-state index contributed by atoms with van der Waals surface area (Å²) >= 11 is 12.5. The molecule has 2 aromatic carbocycles. The summed E-state index contributed by atoms with van der Waals surface area (Å²) in [7, 11) is 0. The van der Waals surface area contributed by atoms with Crippen molar-refractivity contribution in [3.05, 3.63) is 68.8 Å². The van der Waals surface area contributed by atoms with Crippen molar-refractivity contribution in [2.45, 2.75) is 0 Å². The van der Waals surface area contributed by atoms with Crippen LogP contribution in [0.25, 0.3) is 6.08 Å². The Labute approximate surface area is 145 Å². The van der Waals surface area contributed by atoms with Gasteiger partial charge in [0.1, 0.15) is 5.82 Å². The largest absolute Gasteiger partial charge is 0.298 e. The van der Waals surface area contributed by atoms with Gasteiger partial charge >= 0.3 is 0 Å². The number of carbonyl (C=O) groups is 2. The van der Waals surface area contributed by atoms with E-state index in [-0.39, 0.29) is 15.5 Å². The Bertz CT molecular complexity index is 854. The third-order valence-electron chi connectivity index (χ3n) is 3.15. The number of rotatable bonds is 2. The zero-order valence-electron chi connectivity index (χ0n) is 11.4. The number of carbonyl (C=O) groups excluding carboxylic acids is 2. The van der Waals surface area contributed by atoms with Crippen molar-refractivity contribution >= 4 is 57.9 Å². The number of hydrogen-bond acceptors (Lipinski definition) is 3. The number of amides is 2. The van der Waals surface area contributed by atoms with Gasteiger partial charge in [-0.2, -0.15) is 0 Å². The highest BCUT2D eigenvalue weighted by Crippen LogP contribution is 2.37. The maximum absolute atomic E-state index is 13.7. The summed E-state index contributed by atoms with van der Waals surface area (Å²) < 4.78 is 13.7. The van der Waals surface area contributed by atoms with Crippen molar-refractivity contribution in [1.29, 1.82) is 0 Å². The van der Waals surface area contributed by atoms with Crippen LogP contribution in [0.4, 0.5) is 14.9 Å². The van der Waals surface area contributed by atoms with E-state index in [1.165, 1.54) is 36.4 Å². The van der Waals surface area contributed by atoms with Gasteiger partial charge in [0, 0.05) is 5.56 Å². The number of thioether (sulfide) groups is 1. The number of benzene rings is 2. The first-order chi connectivity index (χ1) is 11.0. The molecule has 1 aliphatic rings. The zero-order valence-corrected chi connectivity index (χ0v) is 13.8. The summed E-state index contributed by atoms with van der Waals surface area (Å²) in [6.07, 6.45) is 1.36. The van der Waals surface area contributed by atoms with Crippen LogP contribution in [0.5, 0.6) is 0 Å². The molecule has 0 radical (unpaired) electrons. The molecule has 0 spiro atoms. The molecular formula is C16H8Cl2FNO2S. The first kappa shape index (κ1) is 16.1. The first-order valence-corrected chi connectivity index (χ1v) is 8.02. The van der Waals surface area contributed by atoms with Gasteiger partial charge in [0.15, 0.2) is 0 Å². The monoisotopic (exact) mass is 367 g/mol. The van der Waals surface area contributed by atoms with Crippen LogP contribution in [0.2, 0.25) is 10.0 Å². The molecule has 0 aromatic heterocycles. The highest BCUT2D eigenvalue weighted by Gasteiger charge is 2.36. The Morgan fingerprint density at radius 3 is 2.48 bits per heavy atom. The molecule has 3 nitrogen and oxygen atoms in total. The summed E-state index contributed by atoms with van der Waals surface area (Å²) in [5, 5.41) is 0.0848. The van der Waals surface area contributed by atoms with Crippen LogP contribution in [0, 0.1) is 5.82 Å². The van der Waals surface area contributed by atoms with Crippen molar-refractivity contribution in [2.24, 2.45) is 0 Å². The number of imide groups is 1. The molecular weight excluding hydrogens is 360 g/mol. The summed E-state index contributed by atoms with van der Waals surface area (Å²) in [5.74, 6) is -0.990. The average molecular weight is 368 g/mol. The summed E-state index contributed by atoms with van der Waals surface area (Å²) in [4.78, 5) is 25.7. The van der Waals surface area contributed by atoms with Gasteiger partial charge in [0.2, 0.25) is 0 Å². The van der Waals surface area contributed by atoms with Gasteiger partial charge in [0.25, 0.3) is 11.1 Å². The van der Waals surface area contributed by atoms with Crippen LogP contribution in [0.15, 0.2) is 47.4 Å². The molecule has 2 amide bonds. The molecule has 0 bridgehead atoms. The summed E-state index contributed by atoms with van der Waals surface area (Å²) in [6, 6.07) is 10.5. The molecule has 3 rings (SSSR count). The lowest BCUT2D eigenvalue weighted by Gasteiger charge is -2.13. The van der Waals surface area contributed by atoms with Gasteiger partial charge in [-0.25, -0.2) is 9.29 Å². The van der Waals surface area contributed by atoms with E-state index in [0.717, 1.165) is 16.7 Å². The van der Waals surface area contributed by atoms with Gasteiger partial charge in [-0.05, 0) is 42.1 Å². The Balaban J connectivity index is 1.97. The Morgan fingerprint density at radius 2 is 1.78 bits per heavy atom.